The van der Waals surface area contributed by atoms with Crippen molar-refractivity contribution in [1.82, 2.24) is 5.32 Å². The van der Waals surface area contributed by atoms with E-state index in [0.29, 0.717) is 28.3 Å². The van der Waals surface area contributed by atoms with Crippen LogP contribution in [0, 0.1) is 0 Å². The number of anilines is 4. The second-order valence-electron chi connectivity index (χ2n) is 7.82. The third-order valence-corrected chi connectivity index (χ3v) is 5.96. The SMILES string of the molecule is COc1ccc(Br)cc1C(=O)NC(=S)Nc1ccccc1C(=O)Nc1ccc(Nc2ccccc2)cc1. The van der Waals surface area contributed by atoms with Crippen LogP contribution < -0.4 is 26.0 Å². The molecule has 9 heteroatoms. The number of amides is 2. The predicted molar refractivity (Wildman–Crippen MR) is 155 cm³/mol. The second kappa shape index (κ2) is 12.2. The normalized spacial score (nSPS) is 10.2. The molecule has 7 nitrogen and oxygen atoms in total. The Bertz CT molecular complexity index is 1430. The molecule has 0 bridgehead atoms. The molecule has 0 saturated heterocycles. The van der Waals surface area contributed by atoms with E-state index in [1.54, 1.807) is 42.5 Å². The minimum atomic E-state index is -0.443. The highest BCUT2D eigenvalue weighted by Crippen LogP contribution is 2.24. The maximum Gasteiger partial charge on any atom is 0.261 e. The summed E-state index contributed by atoms with van der Waals surface area (Å²) < 4.78 is 5.99. The second-order valence-corrected chi connectivity index (χ2v) is 9.14. The monoisotopic (exact) mass is 574 g/mol. The van der Waals surface area contributed by atoms with Gasteiger partial charge in [0.2, 0.25) is 0 Å². The first-order chi connectivity index (χ1) is 17.9. The van der Waals surface area contributed by atoms with Crippen LogP contribution in [0.3, 0.4) is 0 Å². The zero-order chi connectivity index (χ0) is 26.2. The van der Waals surface area contributed by atoms with E-state index >= 15 is 0 Å². The van der Waals surface area contributed by atoms with E-state index in [-0.39, 0.29) is 11.0 Å². The Balaban J connectivity index is 1.41. The number of ether oxygens (including phenoxy) is 1. The Kier molecular flexibility index (Phi) is 8.50. The molecule has 0 radical (unpaired) electrons. The molecule has 0 aliphatic rings. The van der Waals surface area contributed by atoms with Gasteiger partial charge in [-0.2, -0.15) is 0 Å². The Labute approximate surface area is 228 Å². The Morgan fingerprint density at radius 3 is 2.11 bits per heavy atom. The number of carbonyl (C=O) groups is 2. The maximum absolute atomic E-state index is 13.0. The molecule has 0 saturated carbocycles. The highest BCUT2D eigenvalue weighted by atomic mass is 79.9. The molecule has 4 N–H and O–H groups in total. The van der Waals surface area contributed by atoms with Gasteiger partial charge in [0.15, 0.2) is 5.11 Å². The lowest BCUT2D eigenvalue weighted by Gasteiger charge is -2.15. The van der Waals surface area contributed by atoms with Crippen molar-refractivity contribution in [2.45, 2.75) is 0 Å². The van der Waals surface area contributed by atoms with Crippen LogP contribution in [-0.2, 0) is 0 Å². The number of hydrogen-bond donors (Lipinski definition) is 4. The fraction of sp³-hybridized carbons (Fsp3) is 0.0357. The fourth-order valence-corrected chi connectivity index (χ4v) is 4.06. The van der Waals surface area contributed by atoms with Crippen LogP contribution in [0.2, 0.25) is 0 Å². The lowest BCUT2D eigenvalue weighted by molar-refractivity contribution is 0.0973. The van der Waals surface area contributed by atoms with Crippen molar-refractivity contribution in [1.29, 1.82) is 0 Å². The number of para-hydroxylation sites is 2. The smallest absolute Gasteiger partial charge is 0.261 e. The standard InChI is InChI=1S/C28H23BrN4O3S/c1-36-25-16-11-18(29)17-23(25)27(35)33-28(37)32-24-10-6-5-9-22(24)26(34)31-21-14-12-20(13-15-21)30-19-7-3-2-4-8-19/h2-17,30H,1H3,(H,31,34)(H2,32,33,35,37). The van der Waals surface area contributed by atoms with Crippen LogP contribution in [-0.4, -0.2) is 24.0 Å². The highest BCUT2D eigenvalue weighted by Gasteiger charge is 2.16. The van der Waals surface area contributed by atoms with Crippen molar-refractivity contribution < 1.29 is 14.3 Å². The summed E-state index contributed by atoms with van der Waals surface area (Å²) in [6.45, 7) is 0. The summed E-state index contributed by atoms with van der Waals surface area (Å²) in [6.07, 6.45) is 0. The minimum absolute atomic E-state index is 0.0450. The van der Waals surface area contributed by atoms with E-state index in [9.17, 15) is 9.59 Å². The van der Waals surface area contributed by atoms with Gasteiger partial charge in [-0.25, -0.2) is 0 Å². The van der Waals surface area contributed by atoms with Gasteiger partial charge in [0.1, 0.15) is 5.75 Å². The molecule has 0 aliphatic heterocycles. The van der Waals surface area contributed by atoms with Gasteiger partial charge < -0.3 is 20.7 Å². The van der Waals surface area contributed by atoms with Crippen LogP contribution in [0.25, 0.3) is 0 Å². The Morgan fingerprint density at radius 1 is 0.730 bits per heavy atom. The molecule has 186 valence electrons. The van der Waals surface area contributed by atoms with E-state index in [1.165, 1.54) is 7.11 Å². The van der Waals surface area contributed by atoms with Crippen molar-refractivity contribution in [3.05, 3.63) is 113 Å². The van der Waals surface area contributed by atoms with Gasteiger partial charge >= 0.3 is 0 Å². The summed E-state index contributed by atoms with van der Waals surface area (Å²) in [5.41, 5.74) is 3.64. The largest absolute Gasteiger partial charge is 0.496 e. The van der Waals surface area contributed by atoms with Crippen LogP contribution in [0.5, 0.6) is 5.75 Å². The molecule has 4 rings (SSSR count). The van der Waals surface area contributed by atoms with Crippen molar-refractivity contribution in [2.75, 3.05) is 23.1 Å². The number of thiocarbonyl (C=S) groups is 1. The number of benzene rings is 4. The molecule has 0 fully saturated rings. The summed E-state index contributed by atoms with van der Waals surface area (Å²) in [6, 6.07) is 29.2. The van der Waals surface area contributed by atoms with E-state index in [1.807, 2.05) is 54.6 Å². The highest BCUT2D eigenvalue weighted by molar-refractivity contribution is 9.10. The summed E-state index contributed by atoms with van der Waals surface area (Å²) in [4.78, 5) is 25.8. The van der Waals surface area contributed by atoms with Crippen LogP contribution in [0.15, 0.2) is 102 Å². The maximum atomic E-state index is 13.0. The lowest BCUT2D eigenvalue weighted by atomic mass is 10.1. The third kappa shape index (κ3) is 6.93. The average Bonchev–Trinajstić information content (AvgIpc) is 2.90. The molecule has 0 spiro atoms. The van der Waals surface area contributed by atoms with E-state index in [2.05, 4.69) is 37.2 Å². The molecule has 0 unspecified atom stereocenters. The molecule has 0 heterocycles. The third-order valence-electron chi connectivity index (χ3n) is 5.26. The number of rotatable bonds is 7. The molecule has 0 atom stereocenters. The zero-order valence-corrected chi connectivity index (χ0v) is 22.2. The molecular formula is C28H23BrN4O3S. The number of carbonyl (C=O) groups excluding carboxylic acids is 2. The minimum Gasteiger partial charge on any atom is -0.496 e. The fourth-order valence-electron chi connectivity index (χ4n) is 3.50. The van der Waals surface area contributed by atoms with Gasteiger partial charge in [-0.1, -0.05) is 46.3 Å². The quantitative estimate of drug-likeness (QED) is 0.186. The van der Waals surface area contributed by atoms with Crippen molar-refractivity contribution in [2.24, 2.45) is 0 Å². The van der Waals surface area contributed by atoms with Crippen LogP contribution >= 0.6 is 28.1 Å². The van der Waals surface area contributed by atoms with E-state index in [4.69, 9.17) is 17.0 Å². The average molecular weight is 575 g/mol. The van der Waals surface area contributed by atoms with Gasteiger partial charge in [0.05, 0.1) is 23.9 Å². The number of methoxy groups -OCH3 is 1. The van der Waals surface area contributed by atoms with Gasteiger partial charge in [0.25, 0.3) is 11.8 Å². The lowest BCUT2D eigenvalue weighted by Crippen LogP contribution is -2.34. The van der Waals surface area contributed by atoms with Crippen molar-refractivity contribution >= 4 is 67.8 Å². The topological polar surface area (TPSA) is 91.5 Å². The van der Waals surface area contributed by atoms with Gasteiger partial charge in [-0.3, -0.25) is 14.9 Å². The molecule has 4 aromatic carbocycles. The Morgan fingerprint density at radius 2 is 1.38 bits per heavy atom. The zero-order valence-electron chi connectivity index (χ0n) is 19.7. The summed E-state index contributed by atoms with van der Waals surface area (Å²) in [5.74, 6) is -0.357. The van der Waals surface area contributed by atoms with Crippen LogP contribution in [0.4, 0.5) is 22.7 Å². The number of halogens is 1. The van der Waals surface area contributed by atoms with E-state index < -0.39 is 5.91 Å². The van der Waals surface area contributed by atoms with Gasteiger partial charge in [-0.05, 0) is 78.9 Å². The van der Waals surface area contributed by atoms with Crippen LogP contribution in [0.1, 0.15) is 20.7 Å². The summed E-state index contributed by atoms with van der Waals surface area (Å²) >= 11 is 8.69. The first-order valence-corrected chi connectivity index (χ1v) is 12.4. The predicted octanol–water partition coefficient (Wildman–Crippen LogP) is 6.58. The van der Waals surface area contributed by atoms with E-state index in [0.717, 1.165) is 15.8 Å². The van der Waals surface area contributed by atoms with Crippen molar-refractivity contribution in [3.63, 3.8) is 0 Å². The number of nitrogens with one attached hydrogen (secondary N) is 4. The Hall–Kier alpha value is -4.21. The van der Waals surface area contributed by atoms with Gasteiger partial charge in [0, 0.05) is 21.5 Å². The number of hydrogen-bond acceptors (Lipinski definition) is 5. The molecule has 0 aliphatic carbocycles. The molecular weight excluding hydrogens is 552 g/mol. The molecule has 4 aromatic rings. The van der Waals surface area contributed by atoms with Crippen molar-refractivity contribution in [3.8, 4) is 5.75 Å². The molecule has 37 heavy (non-hydrogen) atoms. The molecule has 2 amide bonds. The first kappa shape index (κ1) is 25.9. The summed E-state index contributed by atoms with van der Waals surface area (Å²) in [5, 5.41) is 11.8. The molecule has 0 aromatic heterocycles. The van der Waals surface area contributed by atoms with Gasteiger partial charge in [-0.15, -0.1) is 0 Å². The first-order valence-electron chi connectivity index (χ1n) is 11.2. The summed E-state index contributed by atoms with van der Waals surface area (Å²) in [7, 11) is 1.48.